The first-order chi connectivity index (χ1) is 16.6. The standard InChI is InChI=1S/C22H21F3N6O3S/c1-3-31(4-2)11-12-5-7-16-17(9-12)35-21(27-16)28-20(33)30-29-18-14-10-13(34-22(23,24)25)6-8-15(14)26-19(18)32/h5-10,26,32H,3-4,11H2,1-2H3,(H,27,28,33). The van der Waals surface area contributed by atoms with Crippen molar-refractivity contribution in [3.05, 3.63) is 42.0 Å². The number of carbonyl (C=O) groups excluding carboxylic acids is 1. The van der Waals surface area contributed by atoms with Crippen molar-refractivity contribution in [3.8, 4) is 11.6 Å². The van der Waals surface area contributed by atoms with Crippen molar-refractivity contribution >= 4 is 49.3 Å². The van der Waals surface area contributed by atoms with Crippen molar-refractivity contribution in [2.45, 2.75) is 26.8 Å². The number of rotatable bonds is 7. The molecule has 0 saturated heterocycles. The fourth-order valence-electron chi connectivity index (χ4n) is 3.48. The molecule has 3 N–H and O–H groups in total. The molecule has 13 heteroatoms. The third kappa shape index (κ3) is 5.87. The zero-order valence-corrected chi connectivity index (χ0v) is 19.5. The van der Waals surface area contributed by atoms with E-state index in [4.69, 9.17) is 0 Å². The fraction of sp³-hybridized carbons (Fsp3) is 0.273. The molecule has 0 radical (unpaired) electrons. The zero-order chi connectivity index (χ0) is 25.2. The van der Waals surface area contributed by atoms with Crippen molar-refractivity contribution in [2.24, 2.45) is 10.2 Å². The second-order valence-electron chi connectivity index (χ2n) is 7.49. The molecule has 2 aromatic heterocycles. The van der Waals surface area contributed by atoms with E-state index in [9.17, 15) is 23.1 Å². The molecule has 0 atom stereocenters. The van der Waals surface area contributed by atoms with Gasteiger partial charge in [-0.3, -0.25) is 10.2 Å². The Hall–Kier alpha value is -3.71. The molecule has 0 unspecified atom stereocenters. The average molecular weight is 507 g/mol. The number of thiazole rings is 1. The van der Waals surface area contributed by atoms with Crippen LogP contribution in [-0.2, 0) is 6.54 Å². The number of benzene rings is 2. The molecule has 4 rings (SSSR count). The molecule has 0 saturated carbocycles. The second kappa shape index (κ2) is 9.88. The van der Waals surface area contributed by atoms with Gasteiger partial charge in [-0.1, -0.05) is 36.4 Å². The SMILES string of the molecule is CCN(CC)Cc1ccc2nc(NC(=O)N=Nc3c(O)[nH]c4ccc(OC(F)(F)F)cc34)sc2c1. The number of aromatic nitrogens is 2. The number of fused-ring (bicyclic) bond motifs is 2. The molecule has 0 spiro atoms. The number of ether oxygens (including phenoxy) is 1. The van der Waals surface area contributed by atoms with Crippen LogP contribution < -0.4 is 10.1 Å². The summed E-state index contributed by atoms with van der Waals surface area (Å²) in [5, 5.41) is 20.2. The number of aromatic amines is 1. The van der Waals surface area contributed by atoms with Crippen LogP contribution in [0.1, 0.15) is 19.4 Å². The number of nitrogens with one attached hydrogen (secondary N) is 2. The molecule has 0 aliphatic rings. The minimum absolute atomic E-state index is 0.0986. The Balaban J connectivity index is 1.50. The lowest BCUT2D eigenvalue weighted by molar-refractivity contribution is -0.274. The van der Waals surface area contributed by atoms with Crippen LogP contribution in [0.2, 0.25) is 0 Å². The lowest BCUT2D eigenvalue weighted by atomic mass is 10.2. The Bertz CT molecular complexity index is 1390. The van der Waals surface area contributed by atoms with E-state index in [-0.39, 0.29) is 16.6 Å². The third-order valence-electron chi connectivity index (χ3n) is 5.17. The summed E-state index contributed by atoms with van der Waals surface area (Å²) in [5.41, 5.74) is 1.94. The van der Waals surface area contributed by atoms with Gasteiger partial charge < -0.3 is 14.8 Å². The van der Waals surface area contributed by atoms with Gasteiger partial charge in [-0.25, -0.2) is 9.78 Å². The van der Waals surface area contributed by atoms with Crippen LogP contribution in [0.15, 0.2) is 46.6 Å². The van der Waals surface area contributed by atoms with Crippen LogP contribution in [0.25, 0.3) is 21.1 Å². The first-order valence-corrected chi connectivity index (χ1v) is 11.4. The molecule has 4 aromatic rings. The molecule has 2 heterocycles. The van der Waals surface area contributed by atoms with Crippen molar-refractivity contribution in [1.82, 2.24) is 14.9 Å². The number of alkyl halides is 3. The van der Waals surface area contributed by atoms with Gasteiger partial charge in [0.2, 0.25) is 5.88 Å². The highest BCUT2D eigenvalue weighted by Crippen LogP contribution is 2.38. The molecule has 0 fully saturated rings. The first kappa shape index (κ1) is 24.4. The minimum atomic E-state index is -4.88. The number of halogens is 3. The summed E-state index contributed by atoms with van der Waals surface area (Å²) in [6.45, 7) is 6.88. The molecular formula is C22H21F3N6O3S. The Kier molecular flexibility index (Phi) is 6.89. The number of carbonyl (C=O) groups is 1. The number of anilines is 1. The largest absolute Gasteiger partial charge is 0.573 e. The molecular weight excluding hydrogens is 485 g/mol. The number of hydrogen-bond acceptors (Lipinski definition) is 7. The van der Waals surface area contributed by atoms with Gasteiger partial charge in [0.15, 0.2) is 10.8 Å². The molecule has 9 nitrogen and oxygen atoms in total. The van der Waals surface area contributed by atoms with Gasteiger partial charge in [0.1, 0.15) is 5.75 Å². The monoisotopic (exact) mass is 506 g/mol. The molecule has 184 valence electrons. The van der Waals surface area contributed by atoms with Crippen molar-refractivity contribution in [2.75, 3.05) is 18.4 Å². The molecule has 35 heavy (non-hydrogen) atoms. The highest BCUT2D eigenvalue weighted by molar-refractivity contribution is 7.22. The van der Waals surface area contributed by atoms with Gasteiger partial charge >= 0.3 is 12.4 Å². The van der Waals surface area contributed by atoms with Crippen LogP contribution in [0.3, 0.4) is 0 Å². The van der Waals surface area contributed by atoms with E-state index in [0.29, 0.717) is 5.13 Å². The maximum atomic E-state index is 12.5. The van der Waals surface area contributed by atoms with Gasteiger partial charge in [-0.15, -0.1) is 18.3 Å². The molecule has 2 aromatic carbocycles. The van der Waals surface area contributed by atoms with Crippen LogP contribution in [0.4, 0.5) is 28.8 Å². The van der Waals surface area contributed by atoms with E-state index < -0.39 is 24.0 Å². The summed E-state index contributed by atoms with van der Waals surface area (Å²) in [6.07, 6.45) is -4.88. The minimum Gasteiger partial charge on any atom is -0.493 e. The van der Waals surface area contributed by atoms with E-state index in [2.05, 4.69) is 49.0 Å². The average Bonchev–Trinajstić information content (AvgIpc) is 3.33. The van der Waals surface area contributed by atoms with E-state index >= 15 is 0 Å². The number of aromatic hydroxyl groups is 1. The fourth-order valence-corrected chi connectivity index (χ4v) is 4.40. The lowest BCUT2D eigenvalue weighted by Gasteiger charge is -2.17. The van der Waals surface area contributed by atoms with E-state index in [1.54, 1.807) is 0 Å². The first-order valence-electron chi connectivity index (χ1n) is 10.6. The number of hydrogen-bond donors (Lipinski definition) is 3. The van der Waals surface area contributed by atoms with Crippen molar-refractivity contribution in [3.63, 3.8) is 0 Å². The van der Waals surface area contributed by atoms with E-state index in [1.165, 1.54) is 17.4 Å². The second-order valence-corrected chi connectivity index (χ2v) is 8.52. The number of azo groups is 1. The normalized spacial score (nSPS) is 12.3. The molecule has 0 aliphatic heterocycles. The van der Waals surface area contributed by atoms with Crippen molar-refractivity contribution in [1.29, 1.82) is 0 Å². The van der Waals surface area contributed by atoms with Crippen LogP contribution in [0, 0.1) is 0 Å². The van der Waals surface area contributed by atoms with E-state index in [1.807, 2.05) is 18.2 Å². The molecule has 2 amide bonds. The van der Waals surface area contributed by atoms with Gasteiger partial charge in [0.25, 0.3) is 0 Å². The number of amides is 2. The molecule has 0 aliphatic carbocycles. The number of nitrogens with zero attached hydrogens (tertiary/aromatic N) is 4. The van der Waals surface area contributed by atoms with Gasteiger partial charge in [0, 0.05) is 11.9 Å². The highest BCUT2D eigenvalue weighted by atomic mass is 32.1. The Morgan fingerprint density at radius 1 is 1.23 bits per heavy atom. The summed E-state index contributed by atoms with van der Waals surface area (Å²) in [4.78, 5) is 21.5. The third-order valence-corrected chi connectivity index (χ3v) is 6.10. The summed E-state index contributed by atoms with van der Waals surface area (Å²) in [7, 11) is 0. The lowest BCUT2D eigenvalue weighted by Crippen LogP contribution is -2.21. The summed E-state index contributed by atoms with van der Waals surface area (Å²) in [6, 6.07) is 8.44. The van der Waals surface area contributed by atoms with Crippen LogP contribution in [0.5, 0.6) is 11.6 Å². The maximum Gasteiger partial charge on any atom is 0.573 e. The van der Waals surface area contributed by atoms with Gasteiger partial charge in [-0.2, -0.15) is 0 Å². The Morgan fingerprint density at radius 2 is 2.00 bits per heavy atom. The Morgan fingerprint density at radius 3 is 2.71 bits per heavy atom. The predicted octanol–water partition coefficient (Wildman–Crippen LogP) is 6.54. The van der Waals surface area contributed by atoms with Gasteiger partial charge in [0.05, 0.1) is 15.7 Å². The van der Waals surface area contributed by atoms with Gasteiger partial charge in [-0.05, 0) is 49.0 Å². The van der Waals surface area contributed by atoms with E-state index in [0.717, 1.165) is 47.5 Å². The quantitative estimate of drug-likeness (QED) is 0.246. The summed E-state index contributed by atoms with van der Waals surface area (Å²) < 4.78 is 42.3. The van der Waals surface area contributed by atoms with Crippen LogP contribution >= 0.6 is 11.3 Å². The predicted molar refractivity (Wildman–Crippen MR) is 126 cm³/mol. The Labute approximate surface area is 201 Å². The smallest absolute Gasteiger partial charge is 0.493 e. The summed E-state index contributed by atoms with van der Waals surface area (Å²) in [5.74, 6) is -0.957. The number of urea groups is 1. The van der Waals surface area contributed by atoms with Crippen LogP contribution in [-0.4, -0.2) is 45.5 Å². The number of H-pyrrole nitrogens is 1. The topological polar surface area (TPSA) is 115 Å². The van der Waals surface area contributed by atoms with Crippen molar-refractivity contribution < 1.29 is 27.8 Å². The highest BCUT2D eigenvalue weighted by Gasteiger charge is 2.31. The zero-order valence-electron chi connectivity index (χ0n) is 18.7. The maximum absolute atomic E-state index is 12.5. The summed E-state index contributed by atoms with van der Waals surface area (Å²) >= 11 is 1.28. The molecule has 0 bridgehead atoms.